The Labute approximate surface area is 199 Å². The Morgan fingerprint density at radius 2 is 1.39 bits per heavy atom. The van der Waals surface area contributed by atoms with Gasteiger partial charge in [0.15, 0.2) is 0 Å². The third kappa shape index (κ3) is 11.2. The number of benzene rings is 2. The Kier molecular flexibility index (Phi) is 13.8. The fraction of sp³-hybridized carbons (Fsp3) is 0.536. The third-order valence-corrected chi connectivity index (χ3v) is 5.55. The first-order valence-electron chi connectivity index (χ1n) is 12.5. The molecule has 1 N–H and O–H groups in total. The summed E-state index contributed by atoms with van der Waals surface area (Å²) in [6.07, 6.45) is 12.4. The molecule has 2 aromatic carbocycles. The van der Waals surface area contributed by atoms with Crippen LogP contribution in [0.25, 0.3) is 0 Å². The zero-order valence-electron chi connectivity index (χ0n) is 20.1. The van der Waals surface area contributed by atoms with E-state index in [9.17, 15) is 9.90 Å². The van der Waals surface area contributed by atoms with Crippen molar-refractivity contribution >= 4 is 5.97 Å². The summed E-state index contributed by atoms with van der Waals surface area (Å²) in [5.74, 6) is 0.962. The van der Waals surface area contributed by atoms with Crippen molar-refractivity contribution in [3.8, 4) is 11.5 Å². The van der Waals surface area contributed by atoms with E-state index in [2.05, 4.69) is 6.92 Å². The van der Waals surface area contributed by atoms with Gasteiger partial charge < -0.3 is 19.3 Å². The minimum atomic E-state index is -0.361. The molecule has 0 radical (unpaired) electrons. The van der Waals surface area contributed by atoms with E-state index in [1.54, 1.807) is 18.2 Å². The molecule has 0 heterocycles. The quantitative estimate of drug-likeness (QED) is 0.199. The van der Waals surface area contributed by atoms with Crippen LogP contribution in [0.5, 0.6) is 11.5 Å². The lowest BCUT2D eigenvalue weighted by Crippen LogP contribution is -2.11. The van der Waals surface area contributed by atoms with Crippen LogP contribution in [-0.2, 0) is 11.3 Å². The molecule has 0 fully saturated rings. The first-order chi connectivity index (χ1) is 16.2. The van der Waals surface area contributed by atoms with E-state index in [1.807, 2.05) is 30.3 Å². The minimum absolute atomic E-state index is 0.214. The number of esters is 1. The fourth-order valence-electron chi connectivity index (χ4n) is 3.64. The molecule has 2 aromatic rings. The van der Waals surface area contributed by atoms with Gasteiger partial charge in [0.25, 0.3) is 0 Å². The summed E-state index contributed by atoms with van der Waals surface area (Å²) in [6.45, 7) is 3.18. The van der Waals surface area contributed by atoms with Crippen LogP contribution >= 0.6 is 0 Å². The molecule has 0 bridgehead atoms. The predicted molar refractivity (Wildman–Crippen MR) is 132 cm³/mol. The number of aliphatic hydroxyl groups excluding tert-OH is 1. The Balaban J connectivity index is 1.61. The molecule has 0 aliphatic heterocycles. The molecular formula is C28H40O5. The van der Waals surface area contributed by atoms with Crippen LogP contribution in [0.4, 0.5) is 0 Å². The molecule has 0 atom stereocenters. The topological polar surface area (TPSA) is 65.0 Å². The maximum Gasteiger partial charge on any atom is 0.338 e. The summed E-state index contributed by atoms with van der Waals surface area (Å²) < 4.78 is 16.7. The van der Waals surface area contributed by atoms with Crippen LogP contribution in [0.2, 0.25) is 0 Å². The van der Waals surface area contributed by atoms with Crippen molar-refractivity contribution in [2.24, 2.45) is 0 Å². The summed E-state index contributed by atoms with van der Waals surface area (Å²) in [5, 5.41) is 9.67. The number of rotatable bonds is 18. The van der Waals surface area contributed by atoms with E-state index in [1.165, 1.54) is 51.4 Å². The van der Waals surface area contributed by atoms with E-state index in [0.717, 1.165) is 18.6 Å². The number of hydrogen-bond acceptors (Lipinski definition) is 5. The van der Waals surface area contributed by atoms with E-state index >= 15 is 0 Å². The van der Waals surface area contributed by atoms with Gasteiger partial charge in [-0.15, -0.1) is 0 Å². The number of unbranched alkanes of at least 4 members (excludes halogenated alkanes) is 9. The molecule has 0 aromatic heterocycles. The van der Waals surface area contributed by atoms with Gasteiger partial charge in [0.1, 0.15) is 24.7 Å². The standard InChI is InChI=1S/C28H40O5/c1-2-3-4-5-6-7-8-9-10-14-19-33-28(30)24-17-18-27(25(22-24)23-29)32-21-20-31-26-15-12-11-13-16-26/h11-13,15-18,22,29H,2-10,14,19-21,23H2,1H3. The monoisotopic (exact) mass is 456 g/mol. The molecule has 182 valence electrons. The van der Waals surface area contributed by atoms with Crippen molar-refractivity contribution in [3.05, 3.63) is 59.7 Å². The Bertz CT molecular complexity index is 775. The van der Waals surface area contributed by atoms with Gasteiger partial charge >= 0.3 is 5.97 Å². The van der Waals surface area contributed by atoms with E-state index in [4.69, 9.17) is 14.2 Å². The highest BCUT2D eigenvalue weighted by Crippen LogP contribution is 2.21. The Hall–Kier alpha value is -2.53. The van der Waals surface area contributed by atoms with Gasteiger partial charge in [-0.05, 0) is 36.8 Å². The molecule has 2 rings (SSSR count). The summed E-state index contributed by atoms with van der Waals surface area (Å²) in [6, 6.07) is 14.5. The van der Waals surface area contributed by atoms with E-state index in [-0.39, 0.29) is 12.6 Å². The second kappa shape index (κ2) is 17.0. The molecule has 33 heavy (non-hydrogen) atoms. The number of aliphatic hydroxyl groups is 1. The molecule has 0 aliphatic carbocycles. The molecular weight excluding hydrogens is 416 g/mol. The summed E-state index contributed by atoms with van der Waals surface area (Å²) >= 11 is 0. The van der Waals surface area contributed by atoms with Crippen molar-refractivity contribution in [1.29, 1.82) is 0 Å². The third-order valence-electron chi connectivity index (χ3n) is 5.55. The largest absolute Gasteiger partial charge is 0.490 e. The van der Waals surface area contributed by atoms with Gasteiger partial charge in [-0.2, -0.15) is 0 Å². The highest BCUT2D eigenvalue weighted by atomic mass is 16.5. The number of para-hydroxylation sites is 1. The van der Waals surface area contributed by atoms with Crippen molar-refractivity contribution in [3.63, 3.8) is 0 Å². The summed E-state index contributed by atoms with van der Waals surface area (Å²) in [4.78, 5) is 12.3. The molecule has 0 saturated heterocycles. The lowest BCUT2D eigenvalue weighted by atomic mass is 10.1. The Morgan fingerprint density at radius 3 is 2.06 bits per heavy atom. The van der Waals surface area contributed by atoms with Gasteiger partial charge in [-0.1, -0.05) is 82.9 Å². The lowest BCUT2D eigenvalue weighted by molar-refractivity contribution is 0.0497. The van der Waals surface area contributed by atoms with Crippen LogP contribution < -0.4 is 9.47 Å². The molecule has 0 amide bonds. The van der Waals surface area contributed by atoms with Crippen LogP contribution in [-0.4, -0.2) is 30.9 Å². The normalized spacial score (nSPS) is 10.7. The highest BCUT2D eigenvalue weighted by molar-refractivity contribution is 5.89. The maximum absolute atomic E-state index is 12.3. The number of carbonyl (C=O) groups excluding carboxylic acids is 1. The number of hydrogen-bond donors (Lipinski definition) is 1. The summed E-state index contributed by atoms with van der Waals surface area (Å²) in [7, 11) is 0. The van der Waals surface area contributed by atoms with Gasteiger partial charge in [0.2, 0.25) is 0 Å². The Morgan fingerprint density at radius 1 is 0.758 bits per heavy atom. The van der Waals surface area contributed by atoms with Gasteiger partial charge in [0.05, 0.1) is 18.8 Å². The van der Waals surface area contributed by atoms with Crippen molar-refractivity contribution < 1.29 is 24.1 Å². The molecule has 0 aliphatic rings. The lowest BCUT2D eigenvalue weighted by Gasteiger charge is -2.12. The van der Waals surface area contributed by atoms with Crippen LogP contribution in [0.1, 0.15) is 87.1 Å². The number of carbonyl (C=O) groups is 1. The van der Waals surface area contributed by atoms with E-state index in [0.29, 0.717) is 36.7 Å². The van der Waals surface area contributed by atoms with Crippen molar-refractivity contribution in [1.82, 2.24) is 0 Å². The molecule has 0 saturated carbocycles. The van der Waals surface area contributed by atoms with Crippen molar-refractivity contribution in [2.75, 3.05) is 19.8 Å². The van der Waals surface area contributed by atoms with Crippen LogP contribution in [0, 0.1) is 0 Å². The van der Waals surface area contributed by atoms with Gasteiger partial charge in [0, 0.05) is 5.56 Å². The zero-order chi connectivity index (χ0) is 23.6. The predicted octanol–water partition coefficient (Wildman–Crippen LogP) is 6.71. The average Bonchev–Trinajstić information content (AvgIpc) is 2.85. The molecule has 0 spiro atoms. The minimum Gasteiger partial charge on any atom is -0.490 e. The molecule has 0 unspecified atom stereocenters. The fourth-order valence-corrected chi connectivity index (χ4v) is 3.64. The zero-order valence-corrected chi connectivity index (χ0v) is 20.1. The van der Waals surface area contributed by atoms with E-state index < -0.39 is 0 Å². The van der Waals surface area contributed by atoms with Gasteiger partial charge in [-0.3, -0.25) is 0 Å². The first kappa shape index (κ1) is 26.7. The second-order valence-corrected chi connectivity index (χ2v) is 8.31. The SMILES string of the molecule is CCCCCCCCCCCCOC(=O)c1ccc(OCCOc2ccccc2)c(CO)c1. The second-order valence-electron chi connectivity index (χ2n) is 8.31. The highest BCUT2D eigenvalue weighted by Gasteiger charge is 2.11. The first-order valence-corrected chi connectivity index (χ1v) is 12.5. The maximum atomic E-state index is 12.3. The van der Waals surface area contributed by atoms with Crippen LogP contribution in [0.15, 0.2) is 48.5 Å². The molecule has 5 nitrogen and oxygen atoms in total. The van der Waals surface area contributed by atoms with Crippen LogP contribution in [0.3, 0.4) is 0 Å². The summed E-state index contributed by atoms with van der Waals surface area (Å²) in [5.41, 5.74) is 0.988. The smallest absolute Gasteiger partial charge is 0.338 e. The average molecular weight is 457 g/mol. The molecule has 5 heteroatoms. The van der Waals surface area contributed by atoms with Gasteiger partial charge in [-0.25, -0.2) is 4.79 Å². The van der Waals surface area contributed by atoms with Crippen molar-refractivity contribution in [2.45, 2.75) is 77.7 Å². The number of ether oxygens (including phenoxy) is 3.